The van der Waals surface area contributed by atoms with Crippen LogP contribution in [0.5, 0.6) is 0 Å². The third kappa shape index (κ3) is 4.76. The number of primary sulfonamides is 1. The van der Waals surface area contributed by atoms with Gasteiger partial charge in [-0.15, -0.1) is 0 Å². The highest BCUT2D eigenvalue weighted by Gasteiger charge is 2.22. The fourth-order valence-corrected chi connectivity index (χ4v) is 2.19. The molecule has 0 saturated heterocycles. The van der Waals surface area contributed by atoms with Gasteiger partial charge in [-0.05, 0) is 6.07 Å². The first-order chi connectivity index (χ1) is 9.66. The molecule has 0 fully saturated rings. The minimum absolute atomic E-state index is 0.169. The van der Waals surface area contributed by atoms with Gasteiger partial charge in [-0.3, -0.25) is 4.79 Å². The number of nitrogens with two attached hydrogens (primary N) is 1. The van der Waals surface area contributed by atoms with Crippen molar-refractivity contribution in [3.05, 3.63) is 18.0 Å². The smallest absolute Gasteiger partial charge is 0.270 e. The number of hydrogen-bond donors (Lipinski definition) is 1. The Labute approximate surface area is 121 Å². The number of rotatable bonds is 7. The van der Waals surface area contributed by atoms with Gasteiger partial charge in [-0.2, -0.15) is 0 Å². The molecule has 1 amide bonds. The maximum atomic E-state index is 12.5. The molecular formula is C11H17F2N3O4S. The third-order valence-corrected chi connectivity index (χ3v) is 3.61. The number of carbonyl (C=O) groups excluding carboxylic acids is 1. The molecule has 0 aliphatic rings. The van der Waals surface area contributed by atoms with Crippen molar-refractivity contribution in [1.82, 2.24) is 9.47 Å². The van der Waals surface area contributed by atoms with E-state index in [9.17, 15) is 22.0 Å². The number of carbonyl (C=O) groups is 1. The SMILES string of the molecule is COCCN(C)C(=O)c1cc(S(N)(=O)=O)cn1CC(F)F. The van der Waals surface area contributed by atoms with Gasteiger partial charge in [0.25, 0.3) is 12.3 Å². The molecule has 10 heteroatoms. The van der Waals surface area contributed by atoms with Crippen LogP contribution in [0.25, 0.3) is 0 Å². The number of alkyl halides is 2. The van der Waals surface area contributed by atoms with E-state index in [4.69, 9.17) is 9.88 Å². The number of aromatic nitrogens is 1. The van der Waals surface area contributed by atoms with Gasteiger partial charge in [0.05, 0.1) is 13.2 Å². The lowest BCUT2D eigenvalue weighted by Crippen LogP contribution is -2.31. The lowest BCUT2D eigenvalue weighted by atomic mass is 10.3. The van der Waals surface area contributed by atoms with Crippen molar-refractivity contribution in [2.75, 3.05) is 27.3 Å². The highest BCUT2D eigenvalue weighted by molar-refractivity contribution is 7.89. The summed E-state index contributed by atoms with van der Waals surface area (Å²) in [6.07, 6.45) is -1.81. The largest absolute Gasteiger partial charge is 0.383 e. The molecule has 1 rings (SSSR count). The van der Waals surface area contributed by atoms with Crippen LogP contribution in [0.1, 0.15) is 10.5 Å². The molecule has 0 radical (unpaired) electrons. The summed E-state index contributed by atoms with van der Waals surface area (Å²) in [6, 6.07) is 0.989. The zero-order valence-corrected chi connectivity index (χ0v) is 12.4. The van der Waals surface area contributed by atoms with Gasteiger partial charge in [0, 0.05) is 26.9 Å². The quantitative estimate of drug-likeness (QED) is 0.770. The Morgan fingerprint density at radius 1 is 1.52 bits per heavy atom. The van der Waals surface area contributed by atoms with E-state index in [0.29, 0.717) is 0 Å². The van der Waals surface area contributed by atoms with Crippen molar-refractivity contribution in [3.8, 4) is 0 Å². The maximum Gasteiger partial charge on any atom is 0.270 e. The van der Waals surface area contributed by atoms with Crippen LogP contribution in [0.4, 0.5) is 8.78 Å². The fourth-order valence-electron chi connectivity index (χ4n) is 1.64. The molecule has 0 bridgehead atoms. The summed E-state index contributed by atoms with van der Waals surface area (Å²) in [5.74, 6) is -0.595. The monoisotopic (exact) mass is 325 g/mol. The predicted octanol–water partition coefficient (Wildman–Crippen LogP) is 0.119. The van der Waals surface area contributed by atoms with Crippen molar-refractivity contribution in [3.63, 3.8) is 0 Å². The molecule has 7 nitrogen and oxygen atoms in total. The van der Waals surface area contributed by atoms with Gasteiger partial charge in [-0.1, -0.05) is 0 Å². The Balaban J connectivity index is 3.13. The Kier molecular flexibility index (Phi) is 5.81. The molecule has 0 unspecified atom stereocenters. The molecule has 0 spiro atoms. The van der Waals surface area contributed by atoms with Crippen LogP contribution in [-0.2, 0) is 21.3 Å². The van der Waals surface area contributed by atoms with E-state index in [1.54, 1.807) is 0 Å². The van der Waals surface area contributed by atoms with Crippen molar-refractivity contribution >= 4 is 15.9 Å². The second-order valence-corrected chi connectivity index (χ2v) is 5.93. The van der Waals surface area contributed by atoms with E-state index in [1.807, 2.05) is 0 Å². The molecule has 2 N–H and O–H groups in total. The van der Waals surface area contributed by atoms with Crippen LogP contribution in [0, 0.1) is 0 Å². The highest BCUT2D eigenvalue weighted by Crippen LogP contribution is 2.16. The van der Waals surface area contributed by atoms with E-state index in [0.717, 1.165) is 16.8 Å². The van der Waals surface area contributed by atoms with E-state index < -0.39 is 28.9 Å². The zero-order chi connectivity index (χ0) is 16.2. The normalized spacial score (nSPS) is 11.9. The second kappa shape index (κ2) is 6.96. The number of nitrogens with zero attached hydrogens (tertiary/aromatic N) is 2. The van der Waals surface area contributed by atoms with Crippen LogP contribution in [0.2, 0.25) is 0 Å². The molecule has 120 valence electrons. The van der Waals surface area contributed by atoms with E-state index >= 15 is 0 Å². The molecule has 1 aromatic rings. The van der Waals surface area contributed by atoms with Crippen LogP contribution in [-0.4, -0.2) is 57.5 Å². The number of likely N-dealkylation sites (N-methyl/N-ethyl adjacent to an activating group) is 1. The standard InChI is InChI=1S/C11H17F2N3O4S/c1-15(3-4-20-2)11(17)9-5-8(21(14,18)19)6-16(9)7-10(12)13/h5-6,10H,3-4,7H2,1-2H3,(H2,14,18,19). The number of sulfonamides is 1. The summed E-state index contributed by atoms with van der Waals surface area (Å²) < 4.78 is 53.3. The summed E-state index contributed by atoms with van der Waals surface area (Å²) in [7, 11) is -1.17. The number of halogens is 2. The van der Waals surface area contributed by atoms with Crippen molar-refractivity contribution < 1.29 is 26.7 Å². The molecular weight excluding hydrogens is 308 g/mol. The van der Waals surface area contributed by atoms with Crippen molar-refractivity contribution in [1.29, 1.82) is 0 Å². The fraction of sp³-hybridized carbons (Fsp3) is 0.545. The van der Waals surface area contributed by atoms with Gasteiger partial charge < -0.3 is 14.2 Å². The summed E-state index contributed by atoms with van der Waals surface area (Å²) >= 11 is 0. The van der Waals surface area contributed by atoms with Crippen LogP contribution in [0.3, 0.4) is 0 Å². The van der Waals surface area contributed by atoms with Crippen molar-refractivity contribution in [2.24, 2.45) is 5.14 Å². The number of methoxy groups -OCH3 is 1. The summed E-state index contributed by atoms with van der Waals surface area (Å²) in [5.41, 5.74) is -0.169. The van der Waals surface area contributed by atoms with Gasteiger partial charge in [0.1, 0.15) is 10.6 Å². The minimum Gasteiger partial charge on any atom is -0.383 e. The van der Waals surface area contributed by atoms with Gasteiger partial charge >= 0.3 is 0 Å². The second-order valence-electron chi connectivity index (χ2n) is 4.37. The highest BCUT2D eigenvalue weighted by atomic mass is 32.2. The Morgan fingerprint density at radius 3 is 2.62 bits per heavy atom. The van der Waals surface area contributed by atoms with E-state index in [-0.39, 0.29) is 23.7 Å². The number of hydrogen-bond acceptors (Lipinski definition) is 4. The average Bonchev–Trinajstić information content (AvgIpc) is 2.77. The molecule has 0 saturated carbocycles. The average molecular weight is 325 g/mol. The molecule has 0 aliphatic carbocycles. The molecule has 21 heavy (non-hydrogen) atoms. The maximum absolute atomic E-state index is 12.5. The molecule has 0 aromatic carbocycles. The lowest BCUT2D eigenvalue weighted by Gasteiger charge is -2.17. The first-order valence-electron chi connectivity index (χ1n) is 5.92. The number of ether oxygens (including phenoxy) is 1. The Morgan fingerprint density at radius 2 is 2.14 bits per heavy atom. The van der Waals surface area contributed by atoms with Crippen LogP contribution in [0.15, 0.2) is 17.2 Å². The first kappa shape index (κ1) is 17.5. The first-order valence-corrected chi connectivity index (χ1v) is 7.47. The van der Waals surface area contributed by atoms with E-state index in [1.165, 1.54) is 19.1 Å². The zero-order valence-electron chi connectivity index (χ0n) is 11.6. The third-order valence-electron chi connectivity index (χ3n) is 2.73. The summed E-state index contributed by atoms with van der Waals surface area (Å²) in [4.78, 5) is 13.0. The lowest BCUT2D eigenvalue weighted by molar-refractivity contribution is 0.0724. The van der Waals surface area contributed by atoms with Crippen molar-refractivity contribution in [2.45, 2.75) is 17.9 Å². The Hall–Kier alpha value is -1.52. The van der Waals surface area contributed by atoms with Crippen LogP contribution < -0.4 is 5.14 Å². The molecule has 0 atom stereocenters. The van der Waals surface area contributed by atoms with Crippen LogP contribution >= 0.6 is 0 Å². The molecule has 0 aliphatic heterocycles. The van der Waals surface area contributed by atoms with Gasteiger partial charge in [0.15, 0.2) is 0 Å². The van der Waals surface area contributed by atoms with E-state index in [2.05, 4.69) is 0 Å². The molecule has 1 aromatic heterocycles. The predicted molar refractivity (Wildman–Crippen MR) is 70.6 cm³/mol. The topological polar surface area (TPSA) is 94.6 Å². The minimum atomic E-state index is -4.08. The van der Waals surface area contributed by atoms with Gasteiger partial charge in [0.2, 0.25) is 10.0 Å². The summed E-state index contributed by atoms with van der Waals surface area (Å²) in [5, 5.41) is 4.95. The summed E-state index contributed by atoms with van der Waals surface area (Å²) in [6.45, 7) is -0.297. The van der Waals surface area contributed by atoms with Gasteiger partial charge in [-0.25, -0.2) is 22.3 Å². The Bertz CT molecular complexity index is 601. The molecule has 1 heterocycles. The number of amides is 1.